The molecule has 0 saturated heterocycles. The minimum Gasteiger partial charge on any atom is -0.382 e. The Kier molecular flexibility index (Phi) is 3.41. The maximum absolute atomic E-state index is 11.1. The van der Waals surface area contributed by atoms with Crippen LogP contribution in [0.2, 0.25) is 0 Å². The molecule has 0 aromatic heterocycles. The summed E-state index contributed by atoms with van der Waals surface area (Å²) in [7, 11) is 0. The number of hydrogen-bond donors (Lipinski definition) is 1. The first-order chi connectivity index (χ1) is 7.24. The van der Waals surface area contributed by atoms with Crippen LogP contribution in [0.4, 0.5) is 5.69 Å². The Bertz CT molecular complexity index is 354. The van der Waals surface area contributed by atoms with Gasteiger partial charge in [0.1, 0.15) is 5.78 Å². The molecule has 2 rings (SSSR count). The van der Waals surface area contributed by atoms with Crippen LogP contribution in [-0.4, -0.2) is 11.8 Å². The molecule has 1 saturated carbocycles. The average molecular weight is 268 g/mol. The molecule has 3 heteroatoms. The zero-order chi connectivity index (χ0) is 10.7. The highest BCUT2D eigenvalue weighted by molar-refractivity contribution is 9.10. The van der Waals surface area contributed by atoms with Crippen LogP contribution in [0.5, 0.6) is 0 Å². The van der Waals surface area contributed by atoms with Gasteiger partial charge in [-0.2, -0.15) is 0 Å². The van der Waals surface area contributed by atoms with Gasteiger partial charge in [-0.3, -0.25) is 4.79 Å². The van der Waals surface area contributed by atoms with Gasteiger partial charge in [0, 0.05) is 29.0 Å². The molecule has 1 aliphatic rings. The van der Waals surface area contributed by atoms with Crippen LogP contribution in [0.3, 0.4) is 0 Å². The van der Waals surface area contributed by atoms with Gasteiger partial charge >= 0.3 is 0 Å². The van der Waals surface area contributed by atoms with Gasteiger partial charge in [-0.15, -0.1) is 0 Å². The lowest BCUT2D eigenvalue weighted by molar-refractivity contribution is -0.120. The molecule has 0 unspecified atom stereocenters. The first kappa shape index (κ1) is 10.7. The zero-order valence-electron chi connectivity index (χ0n) is 8.50. The topological polar surface area (TPSA) is 29.1 Å². The molecule has 1 aromatic rings. The molecule has 0 aliphatic heterocycles. The van der Waals surface area contributed by atoms with Crippen molar-refractivity contribution < 1.29 is 4.79 Å². The average Bonchev–Trinajstić information content (AvgIpc) is 2.22. The highest BCUT2D eigenvalue weighted by Crippen LogP contribution is 2.21. The van der Waals surface area contributed by atoms with E-state index in [9.17, 15) is 4.79 Å². The zero-order valence-corrected chi connectivity index (χ0v) is 10.1. The minimum atomic E-state index is 0.405. The summed E-state index contributed by atoms with van der Waals surface area (Å²) in [5, 5.41) is 3.46. The van der Waals surface area contributed by atoms with Crippen molar-refractivity contribution in [2.75, 3.05) is 5.32 Å². The van der Waals surface area contributed by atoms with Gasteiger partial charge in [-0.25, -0.2) is 0 Å². The second-order valence-electron chi connectivity index (χ2n) is 3.97. The van der Waals surface area contributed by atoms with Gasteiger partial charge in [0.25, 0.3) is 0 Å². The molecule has 0 bridgehead atoms. The van der Waals surface area contributed by atoms with E-state index in [0.29, 0.717) is 11.8 Å². The Morgan fingerprint density at radius 3 is 2.67 bits per heavy atom. The monoisotopic (exact) mass is 267 g/mol. The van der Waals surface area contributed by atoms with E-state index < -0.39 is 0 Å². The number of Topliss-reactive ketones (excluding diaryl/α,β-unsaturated/α-hetero) is 1. The van der Waals surface area contributed by atoms with E-state index in [1.807, 2.05) is 12.1 Å². The lowest BCUT2D eigenvalue weighted by Crippen LogP contribution is -2.25. The van der Waals surface area contributed by atoms with E-state index in [1.165, 1.54) is 0 Å². The van der Waals surface area contributed by atoms with Crippen molar-refractivity contribution in [2.45, 2.75) is 31.7 Å². The van der Waals surface area contributed by atoms with Crippen molar-refractivity contribution >= 4 is 27.4 Å². The lowest BCUT2D eigenvalue weighted by atomic mass is 9.94. The molecule has 1 N–H and O–H groups in total. The SMILES string of the molecule is O=C1CCC(Nc2cccc(Br)c2)CC1. The van der Waals surface area contributed by atoms with Gasteiger partial charge in [0.2, 0.25) is 0 Å². The maximum atomic E-state index is 11.1. The number of hydrogen-bond acceptors (Lipinski definition) is 2. The highest BCUT2D eigenvalue weighted by Gasteiger charge is 2.18. The fourth-order valence-electron chi connectivity index (χ4n) is 1.90. The summed E-state index contributed by atoms with van der Waals surface area (Å²) >= 11 is 3.44. The van der Waals surface area contributed by atoms with E-state index in [1.54, 1.807) is 0 Å². The summed E-state index contributed by atoms with van der Waals surface area (Å²) in [6.45, 7) is 0. The Morgan fingerprint density at radius 1 is 1.27 bits per heavy atom. The molecule has 15 heavy (non-hydrogen) atoms. The molecule has 0 atom stereocenters. The highest BCUT2D eigenvalue weighted by atomic mass is 79.9. The molecule has 0 spiro atoms. The van der Waals surface area contributed by atoms with E-state index in [-0.39, 0.29) is 0 Å². The van der Waals surface area contributed by atoms with Crippen molar-refractivity contribution in [1.29, 1.82) is 0 Å². The number of benzene rings is 1. The van der Waals surface area contributed by atoms with Gasteiger partial charge < -0.3 is 5.32 Å². The Labute approximate surface area is 98.2 Å². The fourth-order valence-corrected chi connectivity index (χ4v) is 2.30. The van der Waals surface area contributed by atoms with Crippen LogP contribution in [0, 0.1) is 0 Å². The van der Waals surface area contributed by atoms with E-state index in [4.69, 9.17) is 0 Å². The molecule has 0 radical (unpaired) electrons. The summed E-state index contributed by atoms with van der Waals surface area (Å²) in [6, 6.07) is 8.60. The van der Waals surface area contributed by atoms with Crippen molar-refractivity contribution in [2.24, 2.45) is 0 Å². The molecule has 0 amide bonds. The maximum Gasteiger partial charge on any atom is 0.133 e. The number of nitrogens with one attached hydrogen (secondary N) is 1. The van der Waals surface area contributed by atoms with Crippen LogP contribution >= 0.6 is 15.9 Å². The molecule has 0 heterocycles. The summed E-state index contributed by atoms with van der Waals surface area (Å²) in [5.41, 5.74) is 1.13. The smallest absolute Gasteiger partial charge is 0.133 e. The number of anilines is 1. The quantitative estimate of drug-likeness (QED) is 0.890. The van der Waals surface area contributed by atoms with E-state index >= 15 is 0 Å². The van der Waals surface area contributed by atoms with Crippen LogP contribution < -0.4 is 5.32 Å². The Balaban J connectivity index is 1.94. The largest absolute Gasteiger partial charge is 0.382 e. The Morgan fingerprint density at radius 2 is 2.00 bits per heavy atom. The third-order valence-corrected chi connectivity index (χ3v) is 3.23. The lowest BCUT2D eigenvalue weighted by Gasteiger charge is -2.23. The molecular formula is C12H14BrNO. The number of carbonyl (C=O) groups is 1. The Hall–Kier alpha value is -0.830. The van der Waals surface area contributed by atoms with Gasteiger partial charge in [0.15, 0.2) is 0 Å². The predicted octanol–water partition coefficient (Wildman–Crippen LogP) is 3.37. The van der Waals surface area contributed by atoms with Crippen LogP contribution in [0.1, 0.15) is 25.7 Å². The van der Waals surface area contributed by atoms with Gasteiger partial charge in [-0.1, -0.05) is 22.0 Å². The minimum absolute atomic E-state index is 0.405. The van der Waals surface area contributed by atoms with Crippen molar-refractivity contribution in [3.05, 3.63) is 28.7 Å². The van der Waals surface area contributed by atoms with Crippen LogP contribution in [-0.2, 0) is 4.79 Å². The van der Waals surface area contributed by atoms with Crippen molar-refractivity contribution in [1.82, 2.24) is 0 Å². The number of carbonyl (C=O) groups excluding carboxylic acids is 1. The first-order valence-corrected chi connectivity index (χ1v) is 6.07. The van der Waals surface area contributed by atoms with Crippen molar-refractivity contribution in [3.63, 3.8) is 0 Å². The van der Waals surface area contributed by atoms with Crippen LogP contribution in [0.15, 0.2) is 28.7 Å². The first-order valence-electron chi connectivity index (χ1n) is 5.28. The third kappa shape index (κ3) is 3.06. The summed E-state index contributed by atoms with van der Waals surface area (Å²) < 4.78 is 1.08. The standard InChI is InChI=1S/C12H14BrNO/c13-9-2-1-3-11(8-9)14-10-4-6-12(15)7-5-10/h1-3,8,10,14H,4-7H2. The summed E-state index contributed by atoms with van der Waals surface area (Å²) in [6.07, 6.45) is 3.38. The molecular weight excluding hydrogens is 254 g/mol. The molecule has 1 aromatic carbocycles. The second-order valence-corrected chi connectivity index (χ2v) is 4.88. The van der Waals surface area contributed by atoms with Gasteiger partial charge in [0.05, 0.1) is 0 Å². The molecule has 1 aliphatic carbocycles. The van der Waals surface area contributed by atoms with Gasteiger partial charge in [-0.05, 0) is 31.0 Å². The summed E-state index contributed by atoms with van der Waals surface area (Å²) in [4.78, 5) is 11.1. The van der Waals surface area contributed by atoms with Crippen molar-refractivity contribution in [3.8, 4) is 0 Å². The molecule has 1 fully saturated rings. The predicted molar refractivity (Wildman–Crippen MR) is 65.0 cm³/mol. The molecule has 80 valence electrons. The van der Waals surface area contributed by atoms with E-state index in [2.05, 4.69) is 33.4 Å². The number of halogens is 1. The number of ketones is 1. The van der Waals surface area contributed by atoms with Crippen LogP contribution in [0.25, 0.3) is 0 Å². The third-order valence-electron chi connectivity index (χ3n) is 2.74. The normalized spacial score (nSPS) is 17.8. The second kappa shape index (κ2) is 4.79. The molecule has 2 nitrogen and oxygen atoms in total. The number of rotatable bonds is 2. The fraction of sp³-hybridized carbons (Fsp3) is 0.417. The van der Waals surface area contributed by atoms with E-state index in [0.717, 1.165) is 35.8 Å². The summed E-state index contributed by atoms with van der Waals surface area (Å²) in [5.74, 6) is 0.405.